The Morgan fingerprint density at radius 3 is 3.18 bits per heavy atom. The Hall–Kier alpha value is -0.890. The molecule has 1 fully saturated rings. The number of hydrogen-bond donors (Lipinski definition) is 2. The van der Waals surface area contributed by atoms with Gasteiger partial charge in [-0.3, -0.25) is 9.36 Å². The number of hydrogen-bond acceptors (Lipinski definition) is 5. The van der Waals surface area contributed by atoms with E-state index < -0.39 is 5.97 Å². The van der Waals surface area contributed by atoms with Crippen LogP contribution < -0.4 is 5.69 Å². The van der Waals surface area contributed by atoms with E-state index >= 15 is 0 Å². The lowest BCUT2D eigenvalue weighted by Crippen LogP contribution is -2.22. The zero-order chi connectivity index (χ0) is 12.3. The summed E-state index contributed by atoms with van der Waals surface area (Å²) < 4.78 is 1.54. The van der Waals surface area contributed by atoms with Crippen LogP contribution in [-0.2, 0) is 11.3 Å². The first-order valence-electron chi connectivity index (χ1n) is 5.28. The SMILES string of the molecule is O=C(O)CSc1n[nH]c(=O)n1CC1CCCS1. The van der Waals surface area contributed by atoms with E-state index in [9.17, 15) is 9.59 Å². The number of aromatic amines is 1. The van der Waals surface area contributed by atoms with Crippen LogP contribution >= 0.6 is 23.5 Å². The smallest absolute Gasteiger partial charge is 0.344 e. The molecule has 8 heteroatoms. The van der Waals surface area contributed by atoms with Crippen molar-refractivity contribution in [2.45, 2.75) is 29.8 Å². The third-order valence-electron chi connectivity index (χ3n) is 2.46. The average Bonchev–Trinajstić information content (AvgIpc) is 2.89. The Bertz CT molecular complexity index is 451. The van der Waals surface area contributed by atoms with Gasteiger partial charge in [0.2, 0.25) is 0 Å². The molecule has 0 aromatic carbocycles. The fraction of sp³-hybridized carbons (Fsp3) is 0.667. The maximum absolute atomic E-state index is 11.5. The van der Waals surface area contributed by atoms with Gasteiger partial charge < -0.3 is 5.11 Å². The third-order valence-corrected chi connectivity index (χ3v) is 4.80. The predicted molar refractivity (Wildman–Crippen MR) is 66.7 cm³/mol. The normalized spacial score (nSPS) is 19.6. The molecule has 0 aliphatic carbocycles. The van der Waals surface area contributed by atoms with Crippen molar-refractivity contribution in [2.75, 3.05) is 11.5 Å². The van der Waals surface area contributed by atoms with E-state index in [1.165, 1.54) is 11.0 Å². The van der Waals surface area contributed by atoms with Crippen molar-refractivity contribution < 1.29 is 9.90 Å². The molecule has 2 heterocycles. The molecule has 0 bridgehead atoms. The van der Waals surface area contributed by atoms with Crippen molar-refractivity contribution in [3.63, 3.8) is 0 Å². The van der Waals surface area contributed by atoms with Crippen LogP contribution in [0.5, 0.6) is 0 Å². The van der Waals surface area contributed by atoms with Gasteiger partial charge in [-0.15, -0.1) is 5.10 Å². The summed E-state index contributed by atoms with van der Waals surface area (Å²) in [6.07, 6.45) is 2.28. The summed E-state index contributed by atoms with van der Waals surface area (Å²) in [5.41, 5.74) is -0.259. The minimum Gasteiger partial charge on any atom is -0.481 e. The van der Waals surface area contributed by atoms with Gasteiger partial charge in [-0.2, -0.15) is 11.8 Å². The summed E-state index contributed by atoms with van der Waals surface area (Å²) in [5.74, 6) is 0.143. The number of rotatable bonds is 5. The van der Waals surface area contributed by atoms with E-state index in [-0.39, 0.29) is 11.4 Å². The summed E-state index contributed by atoms with van der Waals surface area (Å²) >= 11 is 2.93. The van der Waals surface area contributed by atoms with Crippen LogP contribution in [0.3, 0.4) is 0 Å². The number of aliphatic carboxylic acids is 1. The number of carbonyl (C=O) groups is 1. The van der Waals surface area contributed by atoms with Gasteiger partial charge in [0.15, 0.2) is 5.16 Å². The minimum atomic E-state index is -0.910. The third kappa shape index (κ3) is 3.29. The van der Waals surface area contributed by atoms with E-state index in [0.29, 0.717) is 17.0 Å². The van der Waals surface area contributed by atoms with Crippen molar-refractivity contribution in [1.82, 2.24) is 14.8 Å². The maximum atomic E-state index is 11.5. The topological polar surface area (TPSA) is 88.0 Å². The molecular formula is C9H13N3O3S2. The Labute approximate surface area is 106 Å². The van der Waals surface area contributed by atoms with Crippen LogP contribution in [-0.4, -0.2) is 42.6 Å². The highest BCUT2D eigenvalue weighted by molar-refractivity contribution is 8.00. The van der Waals surface area contributed by atoms with E-state index in [1.54, 1.807) is 0 Å². The number of carboxylic acids is 1. The molecule has 1 aliphatic rings. The Balaban J connectivity index is 2.05. The Morgan fingerprint density at radius 1 is 1.71 bits per heavy atom. The summed E-state index contributed by atoms with van der Waals surface area (Å²) in [6, 6.07) is 0. The van der Waals surface area contributed by atoms with Crippen LogP contribution in [0, 0.1) is 0 Å². The highest BCUT2D eigenvalue weighted by Crippen LogP contribution is 2.28. The van der Waals surface area contributed by atoms with E-state index in [0.717, 1.165) is 23.9 Å². The van der Waals surface area contributed by atoms with E-state index in [1.807, 2.05) is 11.8 Å². The molecule has 0 saturated carbocycles. The molecule has 2 N–H and O–H groups in total. The summed E-state index contributed by atoms with van der Waals surface area (Å²) in [6.45, 7) is 0.613. The fourth-order valence-corrected chi connectivity index (χ4v) is 3.62. The van der Waals surface area contributed by atoms with Crippen molar-refractivity contribution in [3.05, 3.63) is 10.5 Å². The second-order valence-corrected chi connectivity index (χ2v) is 6.09. The summed E-state index contributed by atoms with van der Waals surface area (Å²) in [7, 11) is 0. The molecule has 0 radical (unpaired) electrons. The molecule has 1 aliphatic heterocycles. The molecule has 1 aromatic heterocycles. The van der Waals surface area contributed by atoms with Gasteiger partial charge in [-0.1, -0.05) is 11.8 Å². The molecule has 17 heavy (non-hydrogen) atoms. The van der Waals surface area contributed by atoms with Crippen molar-refractivity contribution >= 4 is 29.5 Å². The molecule has 94 valence electrons. The van der Waals surface area contributed by atoms with Crippen LogP contribution in [0.1, 0.15) is 12.8 Å². The largest absolute Gasteiger partial charge is 0.481 e. The second-order valence-electron chi connectivity index (χ2n) is 3.74. The monoisotopic (exact) mass is 275 g/mol. The Kier molecular flexibility index (Phi) is 4.16. The lowest BCUT2D eigenvalue weighted by molar-refractivity contribution is -0.133. The van der Waals surface area contributed by atoms with Crippen molar-refractivity contribution in [1.29, 1.82) is 0 Å². The van der Waals surface area contributed by atoms with Crippen LogP contribution in [0.15, 0.2) is 9.95 Å². The van der Waals surface area contributed by atoms with Gasteiger partial charge in [-0.25, -0.2) is 9.89 Å². The average molecular weight is 275 g/mol. The van der Waals surface area contributed by atoms with Crippen LogP contribution in [0.25, 0.3) is 0 Å². The van der Waals surface area contributed by atoms with Gasteiger partial charge in [0.25, 0.3) is 0 Å². The standard InChI is InChI=1S/C9H13N3O3S2/c13-7(14)5-17-9-11-10-8(15)12(9)4-6-2-1-3-16-6/h6H,1-5H2,(H,10,15)(H,13,14). The van der Waals surface area contributed by atoms with Crippen LogP contribution in [0.4, 0.5) is 0 Å². The molecule has 0 spiro atoms. The van der Waals surface area contributed by atoms with Gasteiger partial charge in [0.05, 0.1) is 5.75 Å². The van der Waals surface area contributed by atoms with E-state index in [4.69, 9.17) is 5.11 Å². The molecule has 2 rings (SSSR count). The molecule has 1 atom stereocenters. The van der Waals surface area contributed by atoms with Gasteiger partial charge in [0.1, 0.15) is 0 Å². The van der Waals surface area contributed by atoms with Gasteiger partial charge in [0, 0.05) is 11.8 Å². The van der Waals surface area contributed by atoms with E-state index in [2.05, 4.69) is 10.2 Å². The molecule has 1 aromatic rings. The number of aromatic nitrogens is 3. The lowest BCUT2D eigenvalue weighted by atomic mass is 10.2. The minimum absolute atomic E-state index is 0.0812. The zero-order valence-electron chi connectivity index (χ0n) is 9.09. The van der Waals surface area contributed by atoms with Crippen molar-refractivity contribution in [2.24, 2.45) is 0 Å². The first kappa shape index (κ1) is 12.6. The molecule has 1 saturated heterocycles. The number of thioether (sulfide) groups is 2. The molecular weight excluding hydrogens is 262 g/mol. The Morgan fingerprint density at radius 2 is 2.53 bits per heavy atom. The summed E-state index contributed by atoms with van der Waals surface area (Å²) in [5, 5.41) is 15.7. The second kappa shape index (κ2) is 5.63. The highest BCUT2D eigenvalue weighted by atomic mass is 32.2. The number of carboxylic acid groups (broad SMARTS) is 1. The number of nitrogens with one attached hydrogen (secondary N) is 1. The summed E-state index contributed by atoms with van der Waals surface area (Å²) in [4.78, 5) is 22.0. The zero-order valence-corrected chi connectivity index (χ0v) is 10.7. The quantitative estimate of drug-likeness (QED) is 0.767. The predicted octanol–water partition coefficient (Wildman–Crippen LogP) is 0.644. The fourth-order valence-electron chi connectivity index (χ4n) is 1.69. The maximum Gasteiger partial charge on any atom is 0.344 e. The number of H-pyrrole nitrogens is 1. The van der Waals surface area contributed by atoms with Crippen molar-refractivity contribution in [3.8, 4) is 0 Å². The first-order chi connectivity index (χ1) is 8.16. The lowest BCUT2D eigenvalue weighted by Gasteiger charge is -2.09. The molecule has 1 unspecified atom stereocenters. The first-order valence-corrected chi connectivity index (χ1v) is 7.31. The highest BCUT2D eigenvalue weighted by Gasteiger charge is 2.19. The van der Waals surface area contributed by atoms with Gasteiger partial charge in [-0.05, 0) is 18.6 Å². The molecule has 0 amide bonds. The van der Waals surface area contributed by atoms with Crippen LogP contribution in [0.2, 0.25) is 0 Å². The number of nitrogens with zero attached hydrogens (tertiary/aromatic N) is 2. The molecule has 6 nitrogen and oxygen atoms in total. The van der Waals surface area contributed by atoms with Gasteiger partial charge >= 0.3 is 11.7 Å².